The molecule has 4 heteroatoms. The average molecular weight is 223 g/mol. The quantitative estimate of drug-likeness (QED) is 0.749. The van der Waals surface area contributed by atoms with E-state index in [0.717, 1.165) is 5.56 Å². The smallest absolute Gasteiger partial charge is 0.303 e. The highest BCUT2D eigenvalue weighted by atomic mass is 16.5. The second-order valence-corrected chi connectivity index (χ2v) is 3.97. The fraction of sp³-hybridized carbons (Fsp3) is 0.417. The Labute approximate surface area is 95.0 Å². The van der Waals surface area contributed by atoms with Gasteiger partial charge in [0.15, 0.2) is 0 Å². The van der Waals surface area contributed by atoms with Crippen molar-refractivity contribution < 1.29 is 14.6 Å². The van der Waals surface area contributed by atoms with Crippen molar-refractivity contribution in [3.63, 3.8) is 0 Å². The third kappa shape index (κ3) is 4.21. The molecule has 16 heavy (non-hydrogen) atoms. The van der Waals surface area contributed by atoms with Gasteiger partial charge in [-0.15, -0.1) is 0 Å². The van der Waals surface area contributed by atoms with Gasteiger partial charge in [0.25, 0.3) is 0 Å². The summed E-state index contributed by atoms with van der Waals surface area (Å²) in [7, 11) is 0. The van der Waals surface area contributed by atoms with Crippen LogP contribution in [0.5, 0.6) is 5.75 Å². The van der Waals surface area contributed by atoms with Gasteiger partial charge in [0.1, 0.15) is 5.75 Å². The van der Waals surface area contributed by atoms with Crippen LogP contribution in [-0.4, -0.2) is 17.2 Å². The summed E-state index contributed by atoms with van der Waals surface area (Å²) in [4.78, 5) is 10.5. The minimum atomic E-state index is -0.811. The minimum Gasteiger partial charge on any atom is -0.491 e. The van der Waals surface area contributed by atoms with Gasteiger partial charge in [-0.3, -0.25) is 4.79 Å². The summed E-state index contributed by atoms with van der Waals surface area (Å²) < 4.78 is 5.52. The van der Waals surface area contributed by atoms with Crippen molar-refractivity contribution in [1.29, 1.82) is 0 Å². The molecule has 88 valence electrons. The van der Waals surface area contributed by atoms with Crippen molar-refractivity contribution in [2.24, 2.45) is 0 Å². The van der Waals surface area contributed by atoms with Gasteiger partial charge in [-0.1, -0.05) is 0 Å². The van der Waals surface area contributed by atoms with Crippen LogP contribution >= 0.6 is 0 Å². The molecule has 1 rings (SSSR count). The number of hydrogen-bond donors (Lipinski definition) is 2. The molecule has 1 aromatic rings. The van der Waals surface area contributed by atoms with Gasteiger partial charge in [-0.05, 0) is 38.0 Å². The van der Waals surface area contributed by atoms with Crippen molar-refractivity contribution in [2.75, 3.05) is 5.73 Å². The van der Waals surface area contributed by atoms with E-state index in [0.29, 0.717) is 17.9 Å². The van der Waals surface area contributed by atoms with Crippen LogP contribution in [0.15, 0.2) is 18.2 Å². The number of ether oxygens (including phenoxy) is 1. The van der Waals surface area contributed by atoms with E-state index in [4.69, 9.17) is 15.6 Å². The number of rotatable bonds is 5. The van der Waals surface area contributed by atoms with E-state index in [1.165, 1.54) is 0 Å². The molecular formula is C12H17NO3. The molecule has 1 aromatic carbocycles. The minimum absolute atomic E-state index is 0.0779. The van der Waals surface area contributed by atoms with Gasteiger partial charge < -0.3 is 15.6 Å². The standard InChI is InChI=1S/C12H17NO3/c1-8(2)16-11-6-9(3-4-12(14)15)5-10(13)7-11/h5-8H,3-4,13H2,1-2H3,(H,14,15). The first kappa shape index (κ1) is 12.4. The Hall–Kier alpha value is -1.71. The van der Waals surface area contributed by atoms with Crippen LogP contribution in [0.3, 0.4) is 0 Å². The Morgan fingerprint density at radius 1 is 1.44 bits per heavy atom. The molecule has 0 aliphatic rings. The number of nitrogens with two attached hydrogens (primary N) is 1. The molecule has 3 N–H and O–H groups in total. The van der Waals surface area contributed by atoms with Crippen LogP contribution in [0, 0.1) is 0 Å². The first-order chi connectivity index (χ1) is 7.47. The first-order valence-corrected chi connectivity index (χ1v) is 5.25. The Morgan fingerprint density at radius 2 is 2.12 bits per heavy atom. The summed E-state index contributed by atoms with van der Waals surface area (Å²) in [5.74, 6) is -0.121. The van der Waals surface area contributed by atoms with Gasteiger partial charge in [-0.25, -0.2) is 0 Å². The molecule has 0 saturated heterocycles. The van der Waals surface area contributed by atoms with Crippen LogP contribution in [0.1, 0.15) is 25.8 Å². The summed E-state index contributed by atoms with van der Waals surface area (Å²) in [6, 6.07) is 5.35. The van der Waals surface area contributed by atoms with E-state index in [1.807, 2.05) is 19.9 Å². The average Bonchev–Trinajstić information content (AvgIpc) is 2.12. The van der Waals surface area contributed by atoms with Crippen LogP contribution in [0.4, 0.5) is 5.69 Å². The van der Waals surface area contributed by atoms with Gasteiger partial charge in [-0.2, -0.15) is 0 Å². The molecule has 0 heterocycles. The molecule has 0 aromatic heterocycles. The Bertz CT molecular complexity index is 375. The maximum absolute atomic E-state index is 10.5. The van der Waals surface area contributed by atoms with E-state index in [-0.39, 0.29) is 12.5 Å². The topological polar surface area (TPSA) is 72.5 Å². The largest absolute Gasteiger partial charge is 0.491 e. The molecule has 0 fully saturated rings. The zero-order valence-corrected chi connectivity index (χ0v) is 9.56. The fourth-order valence-corrected chi connectivity index (χ4v) is 1.42. The number of anilines is 1. The second kappa shape index (κ2) is 5.39. The van der Waals surface area contributed by atoms with E-state index >= 15 is 0 Å². The summed E-state index contributed by atoms with van der Waals surface area (Å²) >= 11 is 0. The molecule has 0 saturated carbocycles. The summed E-state index contributed by atoms with van der Waals surface area (Å²) in [5, 5.41) is 8.60. The second-order valence-electron chi connectivity index (χ2n) is 3.97. The van der Waals surface area contributed by atoms with Crippen molar-refractivity contribution in [3.8, 4) is 5.75 Å². The lowest BCUT2D eigenvalue weighted by atomic mass is 10.1. The molecule has 0 aliphatic carbocycles. The fourth-order valence-electron chi connectivity index (χ4n) is 1.42. The molecule has 0 atom stereocenters. The highest BCUT2D eigenvalue weighted by Crippen LogP contribution is 2.21. The van der Waals surface area contributed by atoms with E-state index < -0.39 is 5.97 Å². The number of carboxylic acids is 1. The van der Waals surface area contributed by atoms with Crippen molar-refractivity contribution >= 4 is 11.7 Å². The van der Waals surface area contributed by atoms with Crippen molar-refractivity contribution in [3.05, 3.63) is 23.8 Å². The number of aliphatic carboxylic acids is 1. The number of hydrogen-bond acceptors (Lipinski definition) is 3. The third-order valence-corrected chi connectivity index (χ3v) is 1.99. The van der Waals surface area contributed by atoms with Crippen LogP contribution < -0.4 is 10.5 Å². The Morgan fingerprint density at radius 3 is 2.69 bits per heavy atom. The van der Waals surface area contributed by atoms with Gasteiger partial charge >= 0.3 is 5.97 Å². The predicted molar refractivity (Wildman–Crippen MR) is 62.6 cm³/mol. The summed E-state index contributed by atoms with van der Waals surface area (Å²) in [6.07, 6.45) is 0.647. The molecule has 0 aliphatic heterocycles. The lowest BCUT2D eigenvalue weighted by Crippen LogP contribution is -2.06. The molecule has 0 spiro atoms. The highest BCUT2D eigenvalue weighted by molar-refractivity contribution is 5.67. The lowest BCUT2D eigenvalue weighted by molar-refractivity contribution is -0.136. The van der Waals surface area contributed by atoms with Gasteiger partial charge in [0, 0.05) is 18.2 Å². The van der Waals surface area contributed by atoms with Crippen LogP contribution in [-0.2, 0) is 11.2 Å². The van der Waals surface area contributed by atoms with Crippen molar-refractivity contribution in [1.82, 2.24) is 0 Å². The predicted octanol–water partition coefficient (Wildman–Crippen LogP) is 2.07. The molecule has 4 nitrogen and oxygen atoms in total. The zero-order chi connectivity index (χ0) is 12.1. The summed E-state index contributed by atoms with van der Waals surface area (Å²) in [5.41, 5.74) is 7.20. The first-order valence-electron chi connectivity index (χ1n) is 5.25. The van der Waals surface area contributed by atoms with Crippen LogP contribution in [0.2, 0.25) is 0 Å². The van der Waals surface area contributed by atoms with Crippen LogP contribution in [0.25, 0.3) is 0 Å². The van der Waals surface area contributed by atoms with E-state index in [1.54, 1.807) is 12.1 Å². The third-order valence-electron chi connectivity index (χ3n) is 1.99. The lowest BCUT2D eigenvalue weighted by Gasteiger charge is -2.11. The molecule has 0 amide bonds. The molecule has 0 unspecified atom stereocenters. The maximum Gasteiger partial charge on any atom is 0.303 e. The number of carboxylic acid groups (broad SMARTS) is 1. The SMILES string of the molecule is CC(C)Oc1cc(N)cc(CCC(=O)O)c1. The normalized spacial score (nSPS) is 10.4. The number of nitrogen functional groups attached to an aromatic ring is 1. The Kier molecular flexibility index (Phi) is 4.17. The molecule has 0 bridgehead atoms. The van der Waals surface area contributed by atoms with E-state index in [2.05, 4.69) is 0 Å². The zero-order valence-electron chi connectivity index (χ0n) is 9.56. The number of benzene rings is 1. The van der Waals surface area contributed by atoms with Gasteiger partial charge in [0.2, 0.25) is 0 Å². The monoisotopic (exact) mass is 223 g/mol. The van der Waals surface area contributed by atoms with E-state index in [9.17, 15) is 4.79 Å². The number of carbonyl (C=O) groups is 1. The van der Waals surface area contributed by atoms with Crippen molar-refractivity contribution in [2.45, 2.75) is 32.8 Å². The van der Waals surface area contributed by atoms with Gasteiger partial charge in [0.05, 0.1) is 6.10 Å². The molecule has 0 radical (unpaired) electrons. The summed E-state index contributed by atoms with van der Waals surface area (Å²) in [6.45, 7) is 3.86. The Balaban J connectivity index is 2.77. The number of aryl methyl sites for hydroxylation is 1. The maximum atomic E-state index is 10.5. The highest BCUT2D eigenvalue weighted by Gasteiger charge is 2.04. The molecular weight excluding hydrogens is 206 g/mol.